The third-order valence-corrected chi connectivity index (χ3v) is 2.54. The summed E-state index contributed by atoms with van der Waals surface area (Å²) in [5, 5.41) is 9.96. The molecule has 0 rings (SSSR count). The van der Waals surface area contributed by atoms with E-state index in [0.717, 1.165) is 12.8 Å². The highest BCUT2D eigenvalue weighted by Crippen LogP contribution is 2.23. The third kappa shape index (κ3) is 2.80. The van der Waals surface area contributed by atoms with Crippen molar-refractivity contribution < 1.29 is 9.84 Å². The van der Waals surface area contributed by atoms with Gasteiger partial charge in [-0.1, -0.05) is 27.2 Å². The molecule has 0 fully saturated rings. The van der Waals surface area contributed by atoms with E-state index in [-0.39, 0.29) is 0 Å². The summed E-state index contributed by atoms with van der Waals surface area (Å²) in [5.41, 5.74) is -0.622. The lowest BCUT2D eigenvalue weighted by molar-refractivity contribution is -0.0725. The molecule has 0 heterocycles. The van der Waals surface area contributed by atoms with Crippen LogP contribution in [0.2, 0.25) is 0 Å². The van der Waals surface area contributed by atoms with Gasteiger partial charge < -0.3 is 9.84 Å². The second-order valence-corrected chi connectivity index (χ2v) is 3.20. The number of hydrogen-bond acceptors (Lipinski definition) is 2. The van der Waals surface area contributed by atoms with Crippen molar-refractivity contribution in [1.82, 2.24) is 0 Å². The Labute approximate surface area is 69.6 Å². The highest BCUT2D eigenvalue weighted by atomic mass is 16.5. The van der Waals surface area contributed by atoms with E-state index in [1.807, 2.05) is 6.92 Å². The molecule has 0 aromatic carbocycles. The number of rotatable bonds is 5. The summed E-state index contributed by atoms with van der Waals surface area (Å²) in [6.45, 7) is 6.58. The van der Waals surface area contributed by atoms with Gasteiger partial charge in [-0.3, -0.25) is 0 Å². The molecule has 0 spiro atoms. The SMILES string of the molecule is CCC(C)C(O)(CC)COC. The summed E-state index contributed by atoms with van der Waals surface area (Å²) in [6.07, 6.45) is 1.75. The summed E-state index contributed by atoms with van der Waals surface area (Å²) in [4.78, 5) is 0. The zero-order chi connectivity index (χ0) is 8.91. The molecule has 11 heavy (non-hydrogen) atoms. The first-order valence-corrected chi connectivity index (χ1v) is 4.32. The van der Waals surface area contributed by atoms with E-state index >= 15 is 0 Å². The molecule has 0 aromatic heterocycles. The van der Waals surface area contributed by atoms with Crippen LogP contribution >= 0.6 is 0 Å². The van der Waals surface area contributed by atoms with Crippen molar-refractivity contribution in [2.45, 2.75) is 39.2 Å². The van der Waals surface area contributed by atoms with Gasteiger partial charge in [-0.2, -0.15) is 0 Å². The Morgan fingerprint density at radius 1 is 1.45 bits per heavy atom. The first-order valence-electron chi connectivity index (χ1n) is 4.32. The topological polar surface area (TPSA) is 29.5 Å². The van der Waals surface area contributed by atoms with Crippen LogP contribution in [-0.2, 0) is 4.74 Å². The minimum Gasteiger partial charge on any atom is -0.387 e. The molecule has 68 valence electrons. The Morgan fingerprint density at radius 3 is 2.27 bits per heavy atom. The fourth-order valence-electron chi connectivity index (χ4n) is 1.22. The van der Waals surface area contributed by atoms with Crippen LogP contribution in [0.5, 0.6) is 0 Å². The van der Waals surface area contributed by atoms with Gasteiger partial charge in [-0.25, -0.2) is 0 Å². The first-order chi connectivity index (χ1) is 5.10. The van der Waals surface area contributed by atoms with Gasteiger partial charge in [0.1, 0.15) is 0 Å². The van der Waals surface area contributed by atoms with Gasteiger partial charge in [-0.15, -0.1) is 0 Å². The lowest BCUT2D eigenvalue weighted by atomic mass is 9.85. The fraction of sp³-hybridized carbons (Fsp3) is 1.00. The fourth-order valence-corrected chi connectivity index (χ4v) is 1.22. The molecular formula is C9H20O2. The number of aliphatic hydroxyl groups is 1. The molecule has 0 amide bonds. The van der Waals surface area contributed by atoms with Crippen LogP contribution in [0, 0.1) is 5.92 Å². The zero-order valence-electron chi connectivity index (χ0n) is 8.05. The van der Waals surface area contributed by atoms with E-state index in [2.05, 4.69) is 13.8 Å². The highest BCUT2D eigenvalue weighted by molar-refractivity contribution is 4.81. The molecule has 0 aliphatic carbocycles. The van der Waals surface area contributed by atoms with Crippen LogP contribution < -0.4 is 0 Å². The molecule has 1 N–H and O–H groups in total. The Kier molecular flexibility index (Phi) is 4.69. The summed E-state index contributed by atoms with van der Waals surface area (Å²) in [6, 6.07) is 0. The van der Waals surface area contributed by atoms with Gasteiger partial charge >= 0.3 is 0 Å². The largest absolute Gasteiger partial charge is 0.387 e. The van der Waals surface area contributed by atoms with Crippen molar-refractivity contribution >= 4 is 0 Å². The van der Waals surface area contributed by atoms with Crippen molar-refractivity contribution in [1.29, 1.82) is 0 Å². The minimum atomic E-state index is -0.622. The van der Waals surface area contributed by atoms with Crippen molar-refractivity contribution in [2.24, 2.45) is 5.92 Å². The molecule has 0 aromatic rings. The summed E-state index contributed by atoms with van der Waals surface area (Å²) >= 11 is 0. The van der Waals surface area contributed by atoms with Gasteiger partial charge in [0.2, 0.25) is 0 Å². The van der Waals surface area contributed by atoms with Gasteiger partial charge in [0, 0.05) is 7.11 Å². The van der Waals surface area contributed by atoms with Gasteiger partial charge in [0.15, 0.2) is 0 Å². The summed E-state index contributed by atoms with van der Waals surface area (Å²) in [5.74, 6) is 0.312. The van der Waals surface area contributed by atoms with E-state index in [1.165, 1.54) is 0 Å². The molecule has 0 saturated heterocycles. The Hall–Kier alpha value is -0.0800. The van der Waals surface area contributed by atoms with Gasteiger partial charge in [0.25, 0.3) is 0 Å². The Morgan fingerprint density at radius 2 is 2.00 bits per heavy atom. The zero-order valence-corrected chi connectivity index (χ0v) is 8.05. The smallest absolute Gasteiger partial charge is 0.0902 e. The standard InChI is InChI=1S/C9H20O2/c1-5-8(3)9(10,6-2)7-11-4/h8,10H,5-7H2,1-4H3. The number of hydrogen-bond donors (Lipinski definition) is 1. The van der Waals surface area contributed by atoms with Crippen LogP contribution in [0.25, 0.3) is 0 Å². The average molecular weight is 160 g/mol. The molecule has 2 atom stereocenters. The second-order valence-electron chi connectivity index (χ2n) is 3.20. The quantitative estimate of drug-likeness (QED) is 0.664. The summed E-state index contributed by atoms with van der Waals surface area (Å²) < 4.78 is 4.97. The molecular weight excluding hydrogens is 140 g/mol. The lowest BCUT2D eigenvalue weighted by Gasteiger charge is -2.31. The van der Waals surface area contributed by atoms with Crippen molar-refractivity contribution in [3.05, 3.63) is 0 Å². The van der Waals surface area contributed by atoms with E-state index in [1.54, 1.807) is 7.11 Å². The Balaban J connectivity index is 4.07. The monoisotopic (exact) mass is 160 g/mol. The van der Waals surface area contributed by atoms with Crippen LogP contribution in [0.1, 0.15) is 33.6 Å². The molecule has 0 aliphatic rings. The maximum Gasteiger partial charge on any atom is 0.0902 e. The third-order valence-electron chi connectivity index (χ3n) is 2.54. The van der Waals surface area contributed by atoms with E-state index in [4.69, 9.17) is 4.74 Å². The van der Waals surface area contributed by atoms with Crippen LogP contribution in [0.4, 0.5) is 0 Å². The predicted octanol–water partition coefficient (Wildman–Crippen LogP) is 1.82. The number of methoxy groups -OCH3 is 1. The molecule has 2 unspecified atom stereocenters. The maximum atomic E-state index is 9.96. The molecule has 0 saturated carbocycles. The normalized spacial score (nSPS) is 19.4. The van der Waals surface area contributed by atoms with E-state index in [9.17, 15) is 5.11 Å². The lowest BCUT2D eigenvalue weighted by Crippen LogP contribution is -2.40. The van der Waals surface area contributed by atoms with Crippen LogP contribution in [-0.4, -0.2) is 24.4 Å². The summed E-state index contributed by atoms with van der Waals surface area (Å²) in [7, 11) is 1.63. The number of ether oxygens (including phenoxy) is 1. The van der Waals surface area contributed by atoms with Crippen LogP contribution in [0.15, 0.2) is 0 Å². The molecule has 2 nitrogen and oxygen atoms in total. The van der Waals surface area contributed by atoms with Crippen LogP contribution in [0.3, 0.4) is 0 Å². The molecule has 2 heteroatoms. The first kappa shape index (κ1) is 10.9. The maximum absolute atomic E-state index is 9.96. The average Bonchev–Trinajstić information content (AvgIpc) is 2.03. The highest BCUT2D eigenvalue weighted by Gasteiger charge is 2.30. The second kappa shape index (κ2) is 4.73. The molecule has 0 aliphatic heterocycles. The van der Waals surface area contributed by atoms with Crippen molar-refractivity contribution in [2.75, 3.05) is 13.7 Å². The van der Waals surface area contributed by atoms with Crippen molar-refractivity contribution in [3.63, 3.8) is 0 Å². The van der Waals surface area contributed by atoms with Gasteiger partial charge in [0.05, 0.1) is 12.2 Å². The predicted molar refractivity (Wildman–Crippen MR) is 46.6 cm³/mol. The van der Waals surface area contributed by atoms with Gasteiger partial charge in [-0.05, 0) is 12.3 Å². The van der Waals surface area contributed by atoms with Crippen molar-refractivity contribution in [3.8, 4) is 0 Å². The molecule has 0 radical (unpaired) electrons. The van der Waals surface area contributed by atoms with E-state index in [0.29, 0.717) is 12.5 Å². The Bertz CT molecular complexity index is 104. The van der Waals surface area contributed by atoms with E-state index < -0.39 is 5.60 Å². The molecule has 0 bridgehead atoms. The minimum absolute atomic E-state index is 0.312.